The van der Waals surface area contributed by atoms with Crippen molar-refractivity contribution in [2.24, 2.45) is 0 Å². The minimum atomic E-state index is 0.356. The normalized spacial score (nSPS) is 12.1. The molecule has 1 N–H and O–H groups in total. The van der Waals surface area contributed by atoms with Gasteiger partial charge in [-0.1, -0.05) is 37.8 Å². The van der Waals surface area contributed by atoms with Crippen molar-refractivity contribution in [3.63, 3.8) is 0 Å². The Labute approximate surface area is 82.9 Å². The van der Waals surface area contributed by atoms with Crippen molar-refractivity contribution in [2.45, 2.75) is 58.8 Å². The largest absolute Gasteiger partial charge is 0.396 e. The van der Waals surface area contributed by atoms with Crippen LogP contribution in [0, 0.1) is 0 Å². The summed E-state index contributed by atoms with van der Waals surface area (Å²) in [4.78, 5) is 0. The molecule has 0 bridgehead atoms. The molecule has 0 aliphatic heterocycles. The molecule has 0 aliphatic rings. The first-order valence-corrected chi connectivity index (χ1v) is 5.57. The molecule has 0 atom stereocenters. The zero-order valence-corrected chi connectivity index (χ0v) is 9.18. The van der Waals surface area contributed by atoms with Gasteiger partial charge in [0.15, 0.2) is 0 Å². The molecule has 0 radical (unpaired) electrons. The molecule has 0 aliphatic carbocycles. The van der Waals surface area contributed by atoms with Crippen molar-refractivity contribution in [1.82, 2.24) is 0 Å². The van der Waals surface area contributed by atoms with Crippen LogP contribution in [0.1, 0.15) is 58.8 Å². The van der Waals surface area contributed by atoms with E-state index in [1.165, 1.54) is 44.1 Å². The van der Waals surface area contributed by atoms with Crippen molar-refractivity contribution in [1.29, 1.82) is 0 Å². The quantitative estimate of drug-likeness (QED) is 0.451. The highest BCUT2D eigenvalue weighted by atomic mass is 16.2. The van der Waals surface area contributed by atoms with Gasteiger partial charge in [0.1, 0.15) is 0 Å². The Kier molecular flexibility index (Phi) is 9.56. The lowest BCUT2D eigenvalue weighted by Gasteiger charge is -1.98. The van der Waals surface area contributed by atoms with Gasteiger partial charge in [-0.2, -0.15) is 0 Å². The highest BCUT2D eigenvalue weighted by molar-refractivity contribution is 4.96. The van der Waals surface area contributed by atoms with E-state index in [0.717, 1.165) is 6.42 Å². The fourth-order valence-corrected chi connectivity index (χ4v) is 1.28. The second kappa shape index (κ2) is 9.79. The SMILES string of the molecule is CCC(C)=CCCCCCCCO. The van der Waals surface area contributed by atoms with E-state index in [1.807, 2.05) is 0 Å². The molecular weight excluding hydrogens is 160 g/mol. The summed E-state index contributed by atoms with van der Waals surface area (Å²) in [5.41, 5.74) is 1.51. The van der Waals surface area contributed by atoms with Gasteiger partial charge in [0.2, 0.25) is 0 Å². The molecule has 0 aromatic carbocycles. The molecule has 0 heterocycles. The van der Waals surface area contributed by atoms with Crippen LogP contribution in [0.2, 0.25) is 0 Å². The van der Waals surface area contributed by atoms with Crippen molar-refractivity contribution in [3.05, 3.63) is 11.6 Å². The molecule has 1 heteroatoms. The van der Waals surface area contributed by atoms with Crippen LogP contribution in [0.4, 0.5) is 0 Å². The van der Waals surface area contributed by atoms with Gasteiger partial charge < -0.3 is 5.11 Å². The van der Waals surface area contributed by atoms with E-state index in [1.54, 1.807) is 0 Å². The van der Waals surface area contributed by atoms with Gasteiger partial charge in [-0.3, -0.25) is 0 Å². The molecular formula is C12H24O. The van der Waals surface area contributed by atoms with Crippen LogP contribution in [0.5, 0.6) is 0 Å². The Bertz CT molecular complexity index is 127. The maximum Gasteiger partial charge on any atom is 0.0431 e. The van der Waals surface area contributed by atoms with Crippen LogP contribution in [0.3, 0.4) is 0 Å². The first-order valence-electron chi connectivity index (χ1n) is 5.57. The Balaban J connectivity index is 3.08. The Hall–Kier alpha value is -0.300. The van der Waals surface area contributed by atoms with Crippen LogP contribution in [-0.4, -0.2) is 11.7 Å². The average molecular weight is 184 g/mol. The van der Waals surface area contributed by atoms with Gasteiger partial charge >= 0.3 is 0 Å². The van der Waals surface area contributed by atoms with E-state index < -0.39 is 0 Å². The molecule has 0 amide bonds. The Morgan fingerprint density at radius 1 is 1.08 bits per heavy atom. The number of aliphatic hydroxyl groups excluding tert-OH is 1. The molecule has 0 aromatic heterocycles. The van der Waals surface area contributed by atoms with Gasteiger partial charge in [-0.25, -0.2) is 0 Å². The fourth-order valence-electron chi connectivity index (χ4n) is 1.28. The van der Waals surface area contributed by atoms with Crippen LogP contribution < -0.4 is 0 Å². The third-order valence-corrected chi connectivity index (χ3v) is 2.41. The minimum Gasteiger partial charge on any atom is -0.396 e. The van der Waals surface area contributed by atoms with E-state index in [0.29, 0.717) is 6.61 Å². The molecule has 0 unspecified atom stereocenters. The van der Waals surface area contributed by atoms with E-state index in [9.17, 15) is 0 Å². The summed E-state index contributed by atoms with van der Waals surface area (Å²) < 4.78 is 0. The van der Waals surface area contributed by atoms with Crippen molar-refractivity contribution >= 4 is 0 Å². The molecule has 0 saturated heterocycles. The third kappa shape index (κ3) is 9.62. The topological polar surface area (TPSA) is 20.2 Å². The van der Waals surface area contributed by atoms with Crippen molar-refractivity contribution < 1.29 is 5.11 Å². The number of aliphatic hydroxyl groups is 1. The number of allylic oxidation sites excluding steroid dienone is 2. The van der Waals surface area contributed by atoms with Gasteiger partial charge in [0, 0.05) is 6.61 Å². The van der Waals surface area contributed by atoms with Crippen LogP contribution in [-0.2, 0) is 0 Å². The number of hydrogen-bond acceptors (Lipinski definition) is 1. The van der Waals surface area contributed by atoms with E-state index >= 15 is 0 Å². The molecule has 0 spiro atoms. The second-order valence-electron chi connectivity index (χ2n) is 3.68. The van der Waals surface area contributed by atoms with Gasteiger partial charge in [-0.15, -0.1) is 0 Å². The molecule has 0 rings (SSSR count). The molecule has 0 saturated carbocycles. The van der Waals surface area contributed by atoms with Gasteiger partial charge in [0.05, 0.1) is 0 Å². The first-order chi connectivity index (χ1) is 6.31. The van der Waals surface area contributed by atoms with E-state index in [-0.39, 0.29) is 0 Å². The van der Waals surface area contributed by atoms with Crippen LogP contribution in [0.25, 0.3) is 0 Å². The summed E-state index contributed by atoms with van der Waals surface area (Å²) in [5, 5.41) is 8.56. The lowest BCUT2D eigenvalue weighted by Crippen LogP contribution is -1.83. The monoisotopic (exact) mass is 184 g/mol. The smallest absolute Gasteiger partial charge is 0.0431 e. The number of rotatable bonds is 8. The summed E-state index contributed by atoms with van der Waals surface area (Å²) in [6.07, 6.45) is 10.8. The van der Waals surface area contributed by atoms with Gasteiger partial charge in [-0.05, 0) is 32.6 Å². The number of hydrogen-bond donors (Lipinski definition) is 1. The van der Waals surface area contributed by atoms with E-state index in [4.69, 9.17) is 5.11 Å². The minimum absolute atomic E-state index is 0.356. The molecule has 78 valence electrons. The summed E-state index contributed by atoms with van der Waals surface area (Å²) in [7, 11) is 0. The Morgan fingerprint density at radius 3 is 2.31 bits per heavy atom. The molecule has 0 aromatic rings. The zero-order valence-electron chi connectivity index (χ0n) is 9.18. The summed E-state index contributed by atoms with van der Waals surface area (Å²) >= 11 is 0. The molecule has 0 fully saturated rings. The maximum absolute atomic E-state index is 8.56. The fraction of sp³-hybridized carbons (Fsp3) is 0.833. The maximum atomic E-state index is 8.56. The standard InChI is InChI=1S/C12H24O/c1-3-12(2)10-8-6-4-5-7-9-11-13/h10,13H,3-9,11H2,1-2H3. The predicted octanol–water partition coefficient (Wildman–Crippen LogP) is 3.68. The third-order valence-electron chi connectivity index (χ3n) is 2.41. The van der Waals surface area contributed by atoms with Crippen LogP contribution in [0.15, 0.2) is 11.6 Å². The van der Waals surface area contributed by atoms with Crippen molar-refractivity contribution in [3.8, 4) is 0 Å². The lowest BCUT2D eigenvalue weighted by molar-refractivity contribution is 0.282. The average Bonchev–Trinajstić information content (AvgIpc) is 2.16. The van der Waals surface area contributed by atoms with E-state index in [2.05, 4.69) is 19.9 Å². The molecule has 13 heavy (non-hydrogen) atoms. The highest BCUT2D eigenvalue weighted by Crippen LogP contribution is 2.08. The summed E-state index contributed by atoms with van der Waals surface area (Å²) in [5.74, 6) is 0. The zero-order chi connectivity index (χ0) is 9.94. The van der Waals surface area contributed by atoms with Gasteiger partial charge in [0.25, 0.3) is 0 Å². The first kappa shape index (κ1) is 12.7. The highest BCUT2D eigenvalue weighted by Gasteiger charge is 1.89. The number of unbranched alkanes of at least 4 members (excludes halogenated alkanes) is 5. The van der Waals surface area contributed by atoms with Crippen molar-refractivity contribution in [2.75, 3.05) is 6.61 Å². The second-order valence-corrected chi connectivity index (χ2v) is 3.68. The Morgan fingerprint density at radius 2 is 1.69 bits per heavy atom. The molecule has 1 nitrogen and oxygen atoms in total. The summed E-state index contributed by atoms with van der Waals surface area (Å²) in [6.45, 7) is 4.76. The lowest BCUT2D eigenvalue weighted by atomic mass is 10.1. The van der Waals surface area contributed by atoms with Crippen LogP contribution >= 0.6 is 0 Å². The predicted molar refractivity (Wildman–Crippen MR) is 58.8 cm³/mol. The summed E-state index contributed by atoms with van der Waals surface area (Å²) in [6, 6.07) is 0.